The Labute approximate surface area is 145 Å². The van der Waals surface area contributed by atoms with Crippen LogP contribution in [0.5, 0.6) is 5.75 Å². The maximum Gasteiger partial charge on any atom is 0.266 e. The van der Waals surface area contributed by atoms with Gasteiger partial charge in [-0.2, -0.15) is 0 Å². The lowest BCUT2D eigenvalue weighted by Gasteiger charge is -2.21. The highest BCUT2D eigenvalue weighted by Gasteiger charge is 2.26. The number of hydrogen-bond acceptors (Lipinski definition) is 5. The minimum atomic E-state index is -3.68. The summed E-state index contributed by atoms with van der Waals surface area (Å²) in [5.74, 6) is 0.702. The molecule has 0 aliphatic rings. The fourth-order valence-corrected chi connectivity index (χ4v) is 4.46. The Hall–Kier alpha value is -2.38. The number of hydrogen-bond donors (Lipinski definition) is 0. The molecule has 0 saturated carbocycles. The van der Waals surface area contributed by atoms with Crippen LogP contribution in [0, 0.1) is 0 Å². The Bertz CT molecular complexity index is 851. The van der Waals surface area contributed by atoms with E-state index in [1.54, 1.807) is 41.9 Å². The number of anilines is 1. The van der Waals surface area contributed by atoms with Crippen molar-refractivity contribution in [1.82, 2.24) is 4.98 Å². The molecule has 0 fully saturated rings. The standard InChI is InChI=1S/C17H16N2O3S2/c20-24(21,16-9-5-2-6-10-16)19(17-18-11-14-23-17)12-13-22-15-7-3-1-4-8-15/h1-11,14H,12-13H2. The molecule has 0 N–H and O–H groups in total. The Morgan fingerprint density at radius 2 is 1.67 bits per heavy atom. The molecule has 0 bridgehead atoms. The van der Waals surface area contributed by atoms with Crippen LogP contribution in [0.15, 0.2) is 77.1 Å². The smallest absolute Gasteiger partial charge is 0.266 e. The van der Waals surface area contributed by atoms with E-state index in [1.807, 2.05) is 30.3 Å². The van der Waals surface area contributed by atoms with Crippen LogP contribution in [0.2, 0.25) is 0 Å². The van der Waals surface area contributed by atoms with Crippen LogP contribution in [0.1, 0.15) is 0 Å². The fourth-order valence-electron chi connectivity index (χ4n) is 2.14. The van der Waals surface area contributed by atoms with Gasteiger partial charge in [0, 0.05) is 11.6 Å². The molecule has 24 heavy (non-hydrogen) atoms. The molecule has 3 aromatic rings. The number of thiazole rings is 1. The Morgan fingerprint density at radius 1 is 1.00 bits per heavy atom. The van der Waals surface area contributed by atoms with Crippen molar-refractivity contribution in [1.29, 1.82) is 0 Å². The van der Waals surface area contributed by atoms with Crippen LogP contribution in [-0.4, -0.2) is 26.6 Å². The van der Waals surface area contributed by atoms with Crippen molar-refractivity contribution in [2.75, 3.05) is 17.5 Å². The Morgan fingerprint density at radius 3 is 2.29 bits per heavy atom. The SMILES string of the molecule is O=S(=O)(c1ccccc1)N(CCOc1ccccc1)c1nccs1. The molecule has 0 spiro atoms. The molecule has 3 rings (SSSR count). The van der Waals surface area contributed by atoms with E-state index in [-0.39, 0.29) is 18.0 Å². The Kier molecular flexibility index (Phi) is 5.12. The van der Waals surface area contributed by atoms with Gasteiger partial charge >= 0.3 is 0 Å². The highest BCUT2D eigenvalue weighted by atomic mass is 32.2. The summed E-state index contributed by atoms with van der Waals surface area (Å²) in [7, 11) is -3.68. The third-order valence-corrected chi connectivity index (χ3v) is 5.98. The van der Waals surface area contributed by atoms with Gasteiger partial charge in [-0.25, -0.2) is 17.7 Å². The van der Waals surface area contributed by atoms with Crippen LogP contribution in [-0.2, 0) is 10.0 Å². The second-order valence-corrected chi connectivity index (χ2v) is 7.60. The van der Waals surface area contributed by atoms with E-state index < -0.39 is 10.0 Å². The Balaban J connectivity index is 1.80. The predicted molar refractivity (Wildman–Crippen MR) is 95.0 cm³/mol. The fraction of sp³-hybridized carbons (Fsp3) is 0.118. The molecule has 0 saturated heterocycles. The monoisotopic (exact) mass is 360 g/mol. The first-order valence-electron chi connectivity index (χ1n) is 7.33. The number of aromatic nitrogens is 1. The molecule has 0 atom stereocenters. The van der Waals surface area contributed by atoms with Crippen molar-refractivity contribution in [3.8, 4) is 5.75 Å². The molecule has 2 aromatic carbocycles. The maximum absolute atomic E-state index is 12.9. The molecular weight excluding hydrogens is 344 g/mol. The van der Waals surface area contributed by atoms with Gasteiger partial charge in [0.1, 0.15) is 12.4 Å². The zero-order chi connectivity index (χ0) is 16.8. The molecule has 7 heteroatoms. The van der Waals surface area contributed by atoms with Crippen molar-refractivity contribution in [3.63, 3.8) is 0 Å². The maximum atomic E-state index is 12.9. The van der Waals surface area contributed by atoms with Crippen molar-refractivity contribution in [2.45, 2.75) is 4.90 Å². The van der Waals surface area contributed by atoms with E-state index >= 15 is 0 Å². The van der Waals surface area contributed by atoms with Gasteiger partial charge in [-0.05, 0) is 24.3 Å². The summed E-state index contributed by atoms with van der Waals surface area (Å²) in [6, 6.07) is 17.6. The second kappa shape index (κ2) is 7.46. The van der Waals surface area contributed by atoms with Crippen molar-refractivity contribution in [2.24, 2.45) is 0 Å². The van der Waals surface area contributed by atoms with Gasteiger partial charge in [0.2, 0.25) is 0 Å². The summed E-state index contributed by atoms with van der Waals surface area (Å²) < 4.78 is 32.7. The van der Waals surface area contributed by atoms with Gasteiger partial charge in [-0.1, -0.05) is 36.4 Å². The first kappa shape index (κ1) is 16.5. The topological polar surface area (TPSA) is 59.5 Å². The zero-order valence-corrected chi connectivity index (χ0v) is 14.4. The second-order valence-electron chi connectivity index (χ2n) is 4.87. The zero-order valence-electron chi connectivity index (χ0n) is 12.8. The molecule has 5 nitrogen and oxygen atoms in total. The number of ether oxygens (including phenoxy) is 1. The van der Waals surface area contributed by atoms with Crippen LogP contribution in [0.25, 0.3) is 0 Å². The summed E-state index contributed by atoms with van der Waals surface area (Å²) in [6.45, 7) is 0.412. The third-order valence-electron chi connectivity index (χ3n) is 3.27. The van der Waals surface area contributed by atoms with Crippen LogP contribution in [0.3, 0.4) is 0 Å². The summed E-state index contributed by atoms with van der Waals surface area (Å²) >= 11 is 1.28. The summed E-state index contributed by atoms with van der Waals surface area (Å²) in [6.07, 6.45) is 1.59. The molecule has 0 amide bonds. The molecule has 0 aliphatic carbocycles. The lowest BCUT2D eigenvalue weighted by Crippen LogP contribution is -2.34. The highest BCUT2D eigenvalue weighted by molar-refractivity contribution is 7.93. The average molecular weight is 360 g/mol. The molecule has 1 aromatic heterocycles. The number of nitrogens with zero attached hydrogens (tertiary/aromatic N) is 2. The lowest BCUT2D eigenvalue weighted by molar-refractivity contribution is 0.328. The quantitative estimate of drug-likeness (QED) is 0.648. The minimum absolute atomic E-state index is 0.180. The van der Waals surface area contributed by atoms with E-state index in [1.165, 1.54) is 15.6 Å². The number of rotatable bonds is 7. The highest BCUT2D eigenvalue weighted by Crippen LogP contribution is 2.25. The van der Waals surface area contributed by atoms with Crippen LogP contribution in [0.4, 0.5) is 5.13 Å². The van der Waals surface area contributed by atoms with E-state index in [0.717, 1.165) is 0 Å². The lowest BCUT2D eigenvalue weighted by atomic mass is 10.3. The van der Waals surface area contributed by atoms with Gasteiger partial charge in [-0.15, -0.1) is 11.3 Å². The number of para-hydroxylation sites is 1. The molecule has 0 aliphatic heterocycles. The van der Waals surface area contributed by atoms with E-state index in [9.17, 15) is 8.42 Å². The molecule has 1 heterocycles. The number of benzene rings is 2. The molecular formula is C17H16N2O3S2. The van der Waals surface area contributed by atoms with E-state index in [4.69, 9.17) is 4.74 Å². The summed E-state index contributed by atoms with van der Waals surface area (Å²) in [5, 5.41) is 2.18. The average Bonchev–Trinajstić information content (AvgIpc) is 3.14. The van der Waals surface area contributed by atoms with Crippen molar-refractivity contribution in [3.05, 3.63) is 72.2 Å². The van der Waals surface area contributed by atoms with Crippen LogP contribution >= 0.6 is 11.3 Å². The first-order valence-corrected chi connectivity index (χ1v) is 9.65. The van der Waals surface area contributed by atoms with Gasteiger partial charge in [-0.3, -0.25) is 0 Å². The first-order chi connectivity index (χ1) is 11.7. The third kappa shape index (κ3) is 3.74. The van der Waals surface area contributed by atoms with Gasteiger partial charge in [0.25, 0.3) is 10.0 Å². The summed E-state index contributed by atoms with van der Waals surface area (Å²) in [4.78, 5) is 4.38. The molecule has 0 radical (unpaired) electrons. The van der Waals surface area contributed by atoms with Gasteiger partial charge in [0.15, 0.2) is 5.13 Å². The van der Waals surface area contributed by atoms with Crippen molar-refractivity contribution >= 4 is 26.5 Å². The van der Waals surface area contributed by atoms with Crippen LogP contribution < -0.4 is 9.04 Å². The largest absolute Gasteiger partial charge is 0.492 e. The van der Waals surface area contributed by atoms with Crippen molar-refractivity contribution < 1.29 is 13.2 Å². The molecule has 124 valence electrons. The normalized spacial score (nSPS) is 11.2. The van der Waals surface area contributed by atoms with E-state index in [2.05, 4.69) is 4.98 Å². The van der Waals surface area contributed by atoms with Gasteiger partial charge < -0.3 is 4.74 Å². The predicted octanol–water partition coefficient (Wildman–Crippen LogP) is 3.42. The molecule has 0 unspecified atom stereocenters. The summed E-state index contributed by atoms with van der Waals surface area (Å²) in [5.41, 5.74) is 0. The minimum Gasteiger partial charge on any atom is -0.492 e. The van der Waals surface area contributed by atoms with Gasteiger partial charge in [0.05, 0.1) is 11.4 Å². The number of sulfonamides is 1. The van der Waals surface area contributed by atoms with E-state index in [0.29, 0.717) is 10.9 Å².